The lowest BCUT2D eigenvalue weighted by atomic mass is 10.1. The Morgan fingerprint density at radius 1 is 0.969 bits per heavy atom. The van der Waals surface area contributed by atoms with E-state index in [0.29, 0.717) is 5.75 Å². The van der Waals surface area contributed by atoms with Crippen molar-refractivity contribution in [1.29, 1.82) is 0 Å². The summed E-state index contributed by atoms with van der Waals surface area (Å²) >= 11 is 0. The molecule has 0 aromatic heterocycles. The van der Waals surface area contributed by atoms with Gasteiger partial charge in [-0.15, -0.1) is 0 Å². The number of carbonyl (C=O) groups excluding carboxylic acids is 1. The Labute approximate surface area is 189 Å². The number of hydrogen-bond donors (Lipinski definition) is 1. The Kier molecular flexibility index (Phi) is 7.33. The standard InChI is InChI=1S/C25H28N2O4S/c1-18-10-11-22(16-19(18)2)27(4)25(28)17-31-23-12-14-24(15-13-23)32(29,30)26-20(3)21-8-6-5-7-9-21/h5-16,20,26H,17H2,1-4H3/t20-/m0/s1. The second-order valence-electron chi connectivity index (χ2n) is 7.74. The SMILES string of the molecule is Cc1ccc(N(C)C(=O)COc2ccc(S(=O)(=O)N[C@@H](C)c3ccccc3)cc2)cc1C. The quantitative estimate of drug-likeness (QED) is 0.550. The van der Waals surface area contributed by atoms with Crippen LogP contribution in [0.15, 0.2) is 77.7 Å². The van der Waals surface area contributed by atoms with E-state index in [-0.39, 0.29) is 23.5 Å². The topological polar surface area (TPSA) is 75.7 Å². The maximum absolute atomic E-state index is 12.7. The van der Waals surface area contributed by atoms with Crippen LogP contribution >= 0.6 is 0 Å². The van der Waals surface area contributed by atoms with Crippen molar-refractivity contribution in [3.8, 4) is 5.75 Å². The smallest absolute Gasteiger partial charge is 0.264 e. The van der Waals surface area contributed by atoms with E-state index in [1.807, 2.05) is 62.4 Å². The molecule has 0 heterocycles. The van der Waals surface area contributed by atoms with Gasteiger partial charge in [0.2, 0.25) is 10.0 Å². The molecule has 7 heteroatoms. The zero-order valence-electron chi connectivity index (χ0n) is 18.7. The molecule has 1 amide bonds. The number of hydrogen-bond acceptors (Lipinski definition) is 4. The van der Waals surface area contributed by atoms with Crippen LogP contribution in [0.25, 0.3) is 0 Å². The molecule has 3 rings (SSSR count). The summed E-state index contributed by atoms with van der Waals surface area (Å²) in [6.07, 6.45) is 0. The third kappa shape index (κ3) is 5.75. The Bertz CT molecular complexity index is 1180. The van der Waals surface area contributed by atoms with E-state index in [1.54, 1.807) is 31.0 Å². The minimum absolute atomic E-state index is 0.131. The molecule has 32 heavy (non-hydrogen) atoms. The Hall–Kier alpha value is -3.16. The number of carbonyl (C=O) groups is 1. The average Bonchev–Trinajstić information content (AvgIpc) is 2.79. The van der Waals surface area contributed by atoms with Crippen molar-refractivity contribution in [3.05, 3.63) is 89.5 Å². The Morgan fingerprint density at radius 2 is 1.62 bits per heavy atom. The van der Waals surface area contributed by atoms with Crippen molar-refractivity contribution in [2.45, 2.75) is 31.7 Å². The van der Waals surface area contributed by atoms with E-state index in [9.17, 15) is 13.2 Å². The molecule has 1 N–H and O–H groups in total. The molecule has 1 atom stereocenters. The van der Waals surface area contributed by atoms with Gasteiger partial charge < -0.3 is 9.64 Å². The highest BCUT2D eigenvalue weighted by Crippen LogP contribution is 2.21. The minimum Gasteiger partial charge on any atom is -0.484 e. The number of benzene rings is 3. The number of aryl methyl sites for hydroxylation is 2. The first kappa shape index (κ1) is 23.5. The van der Waals surface area contributed by atoms with Gasteiger partial charge in [-0.2, -0.15) is 0 Å². The van der Waals surface area contributed by atoms with Gasteiger partial charge in [-0.1, -0.05) is 36.4 Å². The summed E-state index contributed by atoms with van der Waals surface area (Å²) in [5.74, 6) is 0.213. The van der Waals surface area contributed by atoms with Gasteiger partial charge in [0, 0.05) is 18.8 Å². The average molecular weight is 453 g/mol. The van der Waals surface area contributed by atoms with E-state index in [1.165, 1.54) is 12.1 Å². The molecule has 0 bridgehead atoms. The molecule has 6 nitrogen and oxygen atoms in total. The normalized spacial score (nSPS) is 12.2. The maximum atomic E-state index is 12.7. The molecule has 0 unspecified atom stereocenters. The second kappa shape index (κ2) is 9.97. The third-order valence-electron chi connectivity index (χ3n) is 5.38. The fourth-order valence-corrected chi connectivity index (χ4v) is 4.38. The Balaban J connectivity index is 1.60. The molecule has 0 spiro atoms. The van der Waals surface area contributed by atoms with Gasteiger partial charge in [-0.05, 0) is 73.9 Å². The zero-order valence-corrected chi connectivity index (χ0v) is 19.5. The number of amides is 1. The summed E-state index contributed by atoms with van der Waals surface area (Å²) in [6.45, 7) is 5.66. The fourth-order valence-electron chi connectivity index (χ4n) is 3.15. The van der Waals surface area contributed by atoms with Crippen molar-refractivity contribution in [3.63, 3.8) is 0 Å². The van der Waals surface area contributed by atoms with E-state index >= 15 is 0 Å². The van der Waals surface area contributed by atoms with Crippen LogP contribution < -0.4 is 14.4 Å². The lowest BCUT2D eigenvalue weighted by molar-refractivity contribution is -0.120. The van der Waals surface area contributed by atoms with E-state index in [0.717, 1.165) is 22.4 Å². The molecule has 0 aliphatic heterocycles. The van der Waals surface area contributed by atoms with E-state index in [4.69, 9.17) is 4.74 Å². The highest BCUT2D eigenvalue weighted by atomic mass is 32.2. The number of sulfonamides is 1. The number of rotatable bonds is 8. The highest BCUT2D eigenvalue weighted by Gasteiger charge is 2.19. The van der Waals surface area contributed by atoms with Crippen molar-refractivity contribution in [1.82, 2.24) is 4.72 Å². The van der Waals surface area contributed by atoms with Gasteiger partial charge in [0.1, 0.15) is 5.75 Å². The largest absolute Gasteiger partial charge is 0.484 e. The molecule has 3 aromatic carbocycles. The van der Waals surface area contributed by atoms with Crippen LogP contribution in [0.4, 0.5) is 5.69 Å². The molecule has 0 aliphatic rings. The summed E-state index contributed by atoms with van der Waals surface area (Å²) in [5, 5.41) is 0. The first-order chi connectivity index (χ1) is 15.2. The van der Waals surface area contributed by atoms with Gasteiger partial charge in [-0.3, -0.25) is 4.79 Å². The van der Waals surface area contributed by atoms with Gasteiger partial charge in [0.05, 0.1) is 4.90 Å². The van der Waals surface area contributed by atoms with Gasteiger partial charge in [-0.25, -0.2) is 13.1 Å². The lowest BCUT2D eigenvalue weighted by Gasteiger charge is -2.19. The predicted molar refractivity (Wildman–Crippen MR) is 126 cm³/mol. The molecule has 168 valence electrons. The van der Waals surface area contributed by atoms with E-state index < -0.39 is 10.0 Å². The number of anilines is 1. The molecule has 0 fully saturated rings. The van der Waals surface area contributed by atoms with Crippen LogP contribution in [0.5, 0.6) is 5.75 Å². The molecule has 3 aromatic rings. The summed E-state index contributed by atoms with van der Waals surface area (Å²) in [7, 11) is -1.99. The molecular weight excluding hydrogens is 424 g/mol. The van der Waals surface area contributed by atoms with Crippen molar-refractivity contribution >= 4 is 21.6 Å². The first-order valence-corrected chi connectivity index (χ1v) is 11.8. The number of likely N-dealkylation sites (N-methyl/N-ethyl adjacent to an activating group) is 1. The molecule has 0 radical (unpaired) electrons. The predicted octanol–water partition coefficient (Wildman–Crippen LogP) is 4.38. The second-order valence-corrected chi connectivity index (χ2v) is 9.45. The van der Waals surface area contributed by atoms with Crippen LogP contribution in [0.1, 0.15) is 29.7 Å². The third-order valence-corrected chi connectivity index (χ3v) is 6.94. The van der Waals surface area contributed by atoms with Crippen molar-refractivity contribution in [2.24, 2.45) is 0 Å². The van der Waals surface area contributed by atoms with Crippen LogP contribution in [-0.2, 0) is 14.8 Å². The first-order valence-electron chi connectivity index (χ1n) is 10.3. The summed E-state index contributed by atoms with van der Waals surface area (Å²) in [5.41, 5.74) is 3.94. The van der Waals surface area contributed by atoms with Crippen LogP contribution in [0.3, 0.4) is 0 Å². The summed E-state index contributed by atoms with van der Waals surface area (Å²) in [6, 6.07) is 20.8. The monoisotopic (exact) mass is 452 g/mol. The molecule has 0 saturated heterocycles. The van der Waals surface area contributed by atoms with Gasteiger partial charge in [0.25, 0.3) is 5.91 Å². The highest BCUT2D eigenvalue weighted by molar-refractivity contribution is 7.89. The maximum Gasteiger partial charge on any atom is 0.264 e. The van der Waals surface area contributed by atoms with E-state index in [2.05, 4.69) is 4.72 Å². The summed E-state index contributed by atoms with van der Waals surface area (Å²) in [4.78, 5) is 14.2. The van der Waals surface area contributed by atoms with Crippen LogP contribution in [-0.4, -0.2) is 28.0 Å². The molecular formula is C25H28N2O4S. The van der Waals surface area contributed by atoms with Gasteiger partial charge >= 0.3 is 0 Å². The van der Waals surface area contributed by atoms with Crippen LogP contribution in [0.2, 0.25) is 0 Å². The molecule has 0 aliphatic carbocycles. The fraction of sp³-hybridized carbons (Fsp3) is 0.240. The van der Waals surface area contributed by atoms with Crippen LogP contribution in [0, 0.1) is 13.8 Å². The zero-order chi connectivity index (χ0) is 23.3. The summed E-state index contributed by atoms with van der Waals surface area (Å²) < 4.78 is 33.6. The number of nitrogens with zero attached hydrogens (tertiary/aromatic N) is 1. The lowest BCUT2D eigenvalue weighted by Crippen LogP contribution is -2.31. The van der Waals surface area contributed by atoms with Gasteiger partial charge in [0.15, 0.2) is 6.61 Å². The number of nitrogens with one attached hydrogen (secondary N) is 1. The van der Waals surface area contributed by atoms with Crippen molar-refractivity contribution < 1.29 is 17.9 Å². The minimum atomic E-state index is -3.69. The molecule has 0 saturated carbocycles. The number of ether oxygens (including phenoxy) is 1. The Morgan fingerprint density at radius 3 is 2.25 bits per heavy atom. The van der Waals surface area contributed by atoms with Crippen molar-refractivity contribution in [2.75, 3.05) is 18.6 Å².